The van der Waals surface area contributed by atoms with Crippen LogP contribution in [-0.4, -0.2) is 25.8 Å². The molecule has 6 heteroatoms. The largest absolute Gasteiger partial charge is 0.244 e. The standard InChI is InChI=1S/C12H15Br2NO2S/c1-9-7-12(11(14)8-10(9)13)18(16,17)15-5-3-2-4-6-15/h7-8H,2-6H2,1H3. The lowest BCUT2D eigenvalue weighted by atomic mass is 10.2. The van der Waals surface area contributed by atoms with Crippen molar-refractivity contribution in [2.45, 2.75) is 31.1 Å². The van der Waals surface area contributed by atoms with Crippen LogP contribution in [-0.2, 0) is 10.0 Å². The average Bonchev–Trinajstić information content (AvgIpc) is 2.34. The normalized spacial score (nSPS) is 17.9. The minimum atomic E-state index is -3.37. The molecule has 0 unspecified atom stereocenters. The zero-order valence-corrected chi connectivity index (χ0v) is 14.1. The highest BCUT2D eigenvalue weighted by molar-refractivity contribution is 9.11. The number of aryl methyl sites for hydroxylation is 1. The van der Waals surface area contributed by atoms with Crippen molar-refractivity contribution in [1.29, 1.82) is 0 Å². The third-order valence-corrected chi connectivity index (χ3v) is 6.86. The van der Waals surface area contributed by atoms with E-state index in [0.29, 0.717) is 22.5 Å². The van der Waals surface area contributed by atoms with Crippen LogP contribution in [0.25, 0.3) is 0 Å². The average molecular weight is 397 g/mol. The fourth-order valence-electron chi connectivity index (χ4n) is 2.07. The molecule has 18 heavy (non-hydrogen) atoms. The van der Waals surface area contributed by atoms with Gasteiger partial charge < -0.3 is 0 Å². The molecule has 0 spiro atoms. The molecule has 0 saturated carbocycles. The minimum Gasteiger partial charge on any atom is -0.207 e. The summed E-state index contributed by atoms with van der Waals surface area (Å²) in [6.07, 6.45) is 3.02. The molecule has 1 aliphatic rings. The summed E-state index contributed by atoms with van der Waals surface area (Å²) >= 11 is 6.75. The van der Waals surface area contributed by atoms with Gasteiger partial charge in [0, 0.05) is 22.0 Å². The van der Waals surface area contributed by atoms with Gasteiger partial charge in [0.15, 0.2) is 0 Å². The van der Waals surface area contributed by atoms with Crippen LogP contribution < -0.4 is 0 Å². The zero-order chi connectivity index (χ0) is 13.3. The smallest absolute Gasteiger partial charge is 0.207 e. The molecule has 0 bridgehead atoms. The Kier molecular flexibility index (Phi) is 4.52. The highest BCUT2D eigenvalue weighted by Gasteiger charge is 2.28. The summed E-state index contributed by atoms with van der Waals surface area (Å²) in [5.41, 5.74) is 0.925. The molecule has 0 amide bonds. The fraction of sp³-hybridized carbons (Fsp3) is 0.500. The van der Waals surface area contributed by atoms with Gasteiger partial charge in [-0.1, -0.05) is 22.4 Å². The maximum absolute atomic E-state index is 12.6. The van der Waals surface area contributed by atoms with E-state index in [0.717, 1.165) is 29.3 Å². The van der Waals surface area contributed by atoms with Crippen LogP contribution in [0.5, 0.6) is 0 Å². The molecule has 0 aliphatic carbocycles. The van der Waals surface area contributed by atoms with E-state index in [4.69, 9.17) is 0 Å². The monoisotopic (exact) mass is 395 g/mol. The quantitative estimate of drug-likeness (QED) is 0.764. The third kappa shape index (κ3) is 2.81. The van der Waals surface area contributed by atoms with Gasteiger partial charge >= 0.3 is 0 Å². The van der Waals surface area contributed by atoms with Crippen molar-refractivity contribution < 1.29 is 8.42 Å². The number of piperidine rings is 1. The first-order valence-electron chi connectivity index (χ1n) is 5.89. The van der Waals surface area contributed by atoms with Gasteiger partial charge in [0.05, 0.1) is 4.90 Å². The second-order valence-corrected chi connectivity index (χ2v) is 8.11. The number of hydrogen-bond acceptors (Lipinski definition) is 2. The Balaban J connectivity index is 2.43. The summed E-state index contributed by atoms with van der Waals surface area (Å²) in [5, 5.41) is 0. The predicted octanol–water partition coefficient (Wildman–Crippen LogP) is 3.69. The van der Waals surface area contributed by atoms with Crippen LogP contribution in [0, 0.1) is 6.92 Å². The molecule has 2 rings (SSSR count). The summed E-state index contributed by atoms with van der Waals surface area (Å²) in [4.78, 5) is 0.366. The van der Waals surface area contributed by atoms with Crippen molar-refractivity contribution >= 4 is 41.9 Å². The molecule has 1 heterocycles. The van der Waals surface area contributed by atoms with Crippen LogP contribution in [0.15, 0.2) is 26.0 Å². The summed E-state index contributed by atoms with van der Waals surface area (Å²) in [6, 6.07) is 3.52. The van der Waals surface area contributed by atoms with Crippen molar-refractivity contribution in [2.24, 2.45) is 0 Å². The fourth-order valence-corrected chi connectivity index (χ4v) is 5.33. The van der Waals surface area contributed by atoms with Gasteiger partial charge in [0.25, 0.3) is 0 Å². The third-order valence-electron chi connectivity index (χ3n) is 3.15. The van der Waals surface area contributed by atoms with Crippen LogP contribution in [0.1, 0.15) is 24.8 Å². The summed E-state index contributed by atoms with van der Waals surface area (Å²) in [6.45, 7) is 3.15. The number of benzene rings is 1. The van der Waals surface area contributed by atoms with Gasteiger partial charge in [0.1, 0.15) is 0 Å². The molecule has 1 fully saturated rings. The maximum atomic E-state index is 12.6. The van der Waals surface area contributed by atoms with Crippen molar-refractivity contribution in [3.8, 4) is 0 Å². The highest BCUT2D eigenvalue weighted by atomic mass is 79.9. The number of rotatable bonds is 2. The maximum Gasteiger partial charge on any atom is 0.244 e. The SMILES string of the molecule is Cc1cc(S(=O)(=O)N2CCCCC2)c(Br)cc1Br. The molecule has 0 atom stereocenters. The number of hydrogen-bond donors (Lipinski definition) is 0. The second-order valence-electron chi connectivity index (χ2n) is 4.50. The van der Waals surface area contributed by atoms with Crippen molar-refractivity contribution in [2.75, 3.05) is 13.1 Å². The van der Waals surface area contributed by atoms with Crippen molar-refractivity contribution in [3.05, 3.63) is 26.6 Å². The van der Waals surface area contributed by atoms with Crippen LogP contribution in [0.3, 0.4) is 0 Å². The number of halogens is 2. The first kappa shape index (κ1) is 14.5. The van der Waals surface area contributed by atoms with E-state index in [1.807, 2.05) is 6.92 Å². The van der Waals surface area contributed by atoms with E-state index in [9.17, 15) is 8.42 Å². The van der Waals surface area contributed by atoms with E-state index < -0.39 is 10.0 Å². The molecule has 1 saturated heterocycles. The Morgan fingerprint density at radius 2 is 1.67 bits per heavy atom. The lowest BCUT2D eigenvalue weighted by Gasteiger charge is -2.26. The summed E-state index contributed by atoms with van der Waals surface area (Å²) < 4.78 is 28.2. The van der Waals surface area contributed by atoms with Crippen molar-refractivity contribution in [1.82, 2.24) is 4.31 Å². The Bertz CT molecular complexity index is 551. The zero-order valence-electron chi connectivity index (χ0n) is 10.1. The second kappa shape index (κ2) is 5.61. The Morgan fingerprint density at radius 1 is 1.06 bits per heavy atom. The van der Waals surface area contributed by atoms with Gasteiger partial charge in [-0.05, 0) is 53.4 Å². The van der Waals surface area contributed by atoms with E-state index >= 15 is 0 Å². The minimum absolute atomic E-state index is 0.366. The van der Waals surface area contributed by atoms with Gasteiger partial charge in [-0.15, -0.1) is 0 Å². The molecular formula is C12H15Br2NO2S. The van der Waals surface area contributed by atoms with Crippen LogP contribution >= 0.6 is 31.9 Å². The van der Waals surface area contributed by atoms with E-state index in [2.05, 4.69) is 31.9 Å². The van der Waals surface area contributed by atoms with Crippen LogP contribution in [0.2, 0.25) is 0 Å². The molecular weight excluding hydrogens is 382 g/mol. The van der Waals surface area contributed by atoms with E-state index in [1.54, 1.807) is 16.4 Å². The lowest BCUT2D eigenvalue weighted by molar-refractivity contribution is 0.346. The first-order valence-corrected chi connectivity index (χ1v) is 8.91. The molecule has 1 aromatic carbocycles. The van der Waals surface area contributed by atoms with Gasteiger partial charge in [0.2, 0.25) is 10.0 Å². The lowest BCUT2D eigenvalue weighted by Crippen LogP contribution is -2.35. The van der Waals surface area contributed by atoms with E-state index in [-0.39, 0.29) is 0 Å². The molecule has 3 nitrogen and oxygen atoms in total. The molecule has 0 N–H and O–H groups in total. The Morgan fingerprint density at radius 3 is 2.28 bits per heavy atom. The van der Waals surface area contributed by atoms with Crippen molar-refractivity contribution in [3.63, 3.8) is 0 Å². The topological polar surface area (TPSA) is 37.4 Å². The van der Waals surface area contributed by atoms with Gasteiger partial charge in [-0.25, -0.2) is 8.42 Å². The summed E-state index contributed by atoms with van der Waals surface area (Å²) in [5.74, 6) is 0. The number of nitrogens with zero attached hydrogens (tertiary/aromatic N) is 1. The van der Waals surface area contributed by atoms with Gasteiger partial charge in [-0.3, -0.25) is 0 Å². The molecule has 100 valence electrons. The first-order chi connectivity index (χ1) is 8.43. The predicted molar refractivity (Wildman–Crippen MR) is 79.2 cm³/mol. The Labute approximate surface area is 125 Å². The molecule has 1 aliphatic heterocycles. The highest BCUT2D eigenvalue weighted by Crippen LogP contribution is 2.31. The number of sulfonamides is 1. The summed E-state index contributed by atoms with van der Waals surface area (Å²) in [7, 11) is -3.37. The van der Waals surface area contributed by atoms with Crippen LogP contribution in [0.4, 0.5) is 0 Å². The molecule has 0 radical (unpaired) electrons. The molecule has 1 aromatic rings. The van der Waals surface area contributed by atoms with E-state index in [1.165, 1.54) is 0 Å². The van der Waals surface area contributed by atoms with Gasteiger partial charge in [-0.2, -0.15) is 4.31 Å². The Hall–Kier alpha value is 0.0900. The molecule has 0 aromatic heterocycles.